The first kappa shape index (κ1) is 20.9. The fourth-order valence-corrected chi connectivity index (χ4v) is 3.70. The summed E-state index contributed by atoms with van der Waals surface area (Å²) in [7, 11) is -4.61. The van der Waals surface area contributed by atoms with Gasteiger partial charge in [0.2, 0.25) is 0 Å². The van der Waals surface area contributed by atoms with Gasteiger partial charge in [0.1, 0.15) is 21.3 Å². The number of alkyl halides is 3. The molecule has 1 heterocycles. The predicted octanol–water partition coefficient (Wildman–Crippen LogP) is 3.74. The van der Waals surface area contributed by atoms with Crippen LogP contribution in [0.5, 0.6) is 0 Å². The van der Waals surface area contributed by atoms with Crippen LogP contribution in [0, 0.1) is 11.6 Å². The van der Waals surface area contributed by atoms with Gasteiger partial charge in [0.15, 0.2) is 15.6 Å². The maximum absolute atomic E-state index is 13.9. The molecule has 2 rings (SSSR count). The van der Waals surface area contributed by atoms with Crippen LogP contribution in [0.3, 0.4) is 0 Å². The summed E-state index contributed by atoms with van der Waals surface area (Å²) in [5.74, 6) is -3.15. The Morgan fingerprint density at radius 2 is 1.70 bits per heavy atom. The lowest BCUT2D eigenvalue weighted by Crippen LogP contribution is -2.42. The molecule has 0 saturated carbocycles. The van der Waals surface area contributed by atoms with Crippen molar-refractivity contribution in [1.82, 2.24) is 4.98 Å². The van der Waals surface area contributed by atoms with Crippen LogP contribution in [0.2, 0.25) is 0 Å². The summed E-state index contributed by atoms with van der Waals surface area (Å²) in [4.78, 5) is 15.0. The summed E-state index contributed by atoms with van der Waals surface area (Å²) >= 11 is 0. The molecular weight excluding hydrogens is 393 g/mol. The first-order valence-electron chi connectivity index (χ1n) is 7.52. The molecule has 4 nitrogen and oxygen atoms in total. The molecule has 0 bridgehead atoms. The quantitative estimate of drug-likeness (QED) is 0.709. The van der Waals surface area contributed by atoms with Gasteiger partial charge >= 0.3 is 6.18 Å². The van der Waals surface area contributed by atoms with E-state index in [0.717, 1.165) is 26.0 Å². The van der Waals surface area contributed by atoms with Crippen molar-refractivity contribution < 1.29 is 35.2 Å². The van der Waals surface area contributed by atoms with Gasteiger partial charge in [-0.05, 0) is 44.2 Å². The van der Waals surface area contributed by atoms with E-state index in [1.807, 2.05) is 0 Å². The number of rotatable bonds is 5. The van der Waals surface area contributed by atoms with Crippen molar-refractivity contribution >= 4 is 15.6 Å². The molecule has 10 heteroatoms. The number of hydrogen-bond donors (Lipinski definition) is 0. The Morgan fingerprint density at radius 1 is 1.07 bits per heavy atom. The number of carbonyl (C=O) groups is 1. The summed E-state index contributed by atoms with van der Waals surface area (Å²) in [5, 5.41) is 0. The van der Waals surface area contributed by atoms with E-state index in [1.165, 1.54) is 0 Å². The van der Waals surface area contributed by atoms with Gasteiger partial charge in [0.25, 0.3) is 0 Å². The molecule has 146 valence electrons. The highest BCUT2D eigenvalue weighted by atomic mass is 32.2. The molecule has 0 aliphatic heterocycles. The van der Waals surface area contributed by atoms with Gasteiger partial charge in [0, 0.05) is 11.9 Å². The maximum atomic E-state index is 13.9. The van der Waals surface area contributed by atoms with Crippen LogP contribution in [0.4, 0.5) is 22.0 Å². The Bertz CT molecular complexity index is 967. The molecule has 0 radical (unpaired) electrons. The second-order valence-corrected chi connectivity index (χ2v) is 8.69. The lowest BCUT2D eigenvalue weighted by atomic mass is 10.0. The normalized spacial score (nSPS) is 12.9. The topological polar surface area (TPSA) is 64.1 Å². The molecule has 0 saturated heterocycles. The van der Waals surface area contributed by atoms with E-state index in [1.54, 1.807) is 0 Å². The van der Waals surface area contributed by atoms with Gasteiger partial charge in [-0.2, -0.15) is 13.2 Å². The number of benzene rings is 1. The number of sulfone groups is 1. The predicted molar refractivity (Wildman–Crippen MR) is 85.6 cm³/mol. The maximum Gasteiger partial charge on any atom is 0.417 e. The highest BCUT2D eigenvalue weighted by molar-refractivity contribution is 7.93. The average Bonchev–Trinajstić information content (AvgIpc) is 2.56. The number of pyridine rings is 1. The summed E-state index contributed by atoms with van der Waals surface area (Å²) < 4.78 is 87.9. The van der Waals surface area contributed by atoms with Crippen molar-refractivity contribution in [3.8, 4) is 0 Å². The van der Waals surface area contributed by atoms with Crippen molar-refractivity contribution in [2.45, 2.75) is 36.1 Å². The highest BCUT2D eigenvalue weighted by Crippen LogP contribution is 2.31. The molecule has 0 fully saturated rings. The molecule has 0 spiro atoms. The molecule has 0 N–H and O–H groups in total. The van der Waals surface area contributed by atoms with Crippen molar-refractivity contribution in [3.63, 3.8) is 0 Å². The molecule has 0 atom stereocenters. The molecular formula is C17H14F5NO3S. The fourth-order valence-electron chi connectivity index (χ4n) is 2.18. The number of Topliss-reactive ketones (excluding diaryl/α,β-unsaturated/α-hetero) is 1. The molecule has 1 aromatic carbocycles. The minimum Gasteiger partial charge on any atom is -0.298 e. The number of hydrogen-bond acceptors (Lipinski definition) is 4. The molecule has 2 aromatic rings. The summed E-state index contributed by atoms with van der Waals surface area (Å²) in [6.07, 6.45) is -4.68. The Labute approximate surface area is 152 Å². The third-order valence-corrected chi connectivity index (χ3v) is 6.48. The van der Waals surface area contributed by atoms with E-state index >= 15 is 0 Å². The Morgan fingerprint density at radius 3 is 2.22 bits per heavy atom. The van der Waals surface area contributed by atoms with Crippen LogP contribution >= 0.6 is 0 Å². The molecule has 0 aliphatic rings. The van der Waals surface area contributed by atoms with Crippen molar-refractivity contribution in [2.75, 3.05) is 0 Å². The highest BCUT2D eigenvalue weighted by Gasteiger charge is 2.44. The van der Waals surface area contributed by atoms with E-state index in [0.29, 0.717) is 24.4 Å². The van der Waals surface area contributed by atoms with Gasteiger partial charge < -0.3 is 0 Å². The van der Waals surface area contributed by atoms with Crippen LogP contribution < -0.4 is 0 Å². The monoisotopic (exact) mass is 407 g/mol. The van der Waals surface area contributed by atoms with Gasteiger partial charge in [-0.15, -0.1) is 0 Å². The van der Waals surface area contributed by atoms with Gasteiger partial charge in [-0.1, -0.05) is 0 Å². The Balaban J connectivity index is 2.32. The SMILES string of the molecule is CC(C)(C(=O)Cc1ccc(C(F)(F)F)cn1)S(=O)(=O)c1cc(F)ccc1F. The molecule has 0 amide bonds. The number of ketones is 1. The van der Waals surface area contributed by atoms with E-state index in [-0.39, 0.29) is 5.69 Å². The van der Waals surface area contributed by atoms with Crippen molar-refractivity contribution in [2.24, 2.45) is 0 Å². The van der Waals surface area contributed by atoms with Crippen molar-refractivity contribution in [3.05, 3.63) is 59.4 Å². The van der Waals surface area contributed by atoms with E-state index in [9.17, 15) is 35.2 Å². The largest absolute Gasteiger partial charge is 0.417 e. The number of nitrogens with zero attached hydrogens (tertiary/aromatic N) is 1. The van der Waals surface area contributed by atoms with Crippen LogP contribution in [0.1, 0.15) is 25.1 Å². The van der Waals surface area contributed by atoms with Gasteiger partial charge in [-0.3, -0.25) is 9.78 Å². The zero-order valence-corrected chi connectivity index (χ0v) is 15.0. The third kappa shape index (κ3) is 4.15. The standard InChI is InChI=1S/C17H14F5NO3S/c1-16(2,27(25,26)14-7-11(18)4-6-13(14)19)15(24)8-12-5-3-10(9-23-12)17(20,21)22/h3-7,9H,8H2,1-2H3. The first-order chi connectivity index (χ1) is 12.3. The molecule has 27 heavy (non-hydrogen) atoms. The summed E-state index contributed by atoms with van der Waals surface area (Å²) in [5.41, 5.74) is -1.11. The van der Waals surface area contributed by atoms with Crippen LogP contribution in [-0.4, -0.2) is 23.9 Å². The van der Waals surface area contributed by atoms with Gasteiger partial charge in [-0.25, -0.2) is 17.2 Å². The number of halogens is 5. The van der Waals surface area contributed by atoms with E-state index in [2.05, 4.69) is 4.98 Å². The zero-order valence-electron chi connectivity index (χ0n) is 14.1. The molecule has 0 unspecified atom stereocenters. The summed E-state index contributed by atoms with van der Waals surface area (Å²) in [6, 6.07) is 3.49. The van der Waals surface area contributed by atoms with E-state index < -0.39 is 55.1 Å². The second kappa shape index (κ2) is 6.99. The second-order valence-electron chi connectivity index (χ2n) is 6.22. The lowest BCUT2D eigenvalue weighted by Gasteiger charge is -2.23. The smallest absolute Gasteiger partial charge is 0.298 e. The minimum atomic E-state index is -4.61. The first-order valence-corrected chi connectivity index (χ1v) is 9.00. The number of carbonyl (C=O) groups excluding carboxylic acids is 1. The van der Waals surface area contributed by atoms with E-state index in [4.69, 9.17) is 0 Å². The van der Waals surface area contributed by atoms with Gasteiger partial charge in [0.05, 0.1) is 12.0 Å². The molecule has 1 aromatic heterocycles. The van der Waals surface area contributed by atoms with Crippen molar-refractivity contribution in [1.29, 1.82) is 0 Å². The lowest BCUT2D eigenvalue weighted by molar-refractivity contribution is -0.137. The van der Waals surface area contributed by atoms with Crippen LogP contribution in [-0.2, 0) is 27.2 Å². The third-order valence-electron chi connectivity index (χ3n) is 4.02. The van der Waals surface area contributed by atoms with Crippen LogP contribution in [0.25, 0.3) is 0 Å². The Kier molecular flexibility index (Phi) is 5.42. The zero-order chi connectivity index (χ0) is 20.6. The fraction of sp³-hybridized carbons (Fsp3) is 0.294. The molecule has 0 aliphatic carbocycles. The number of aromatic nitrogens is 1. The minimum absolute atomic E-state index is 0.0870. The Hall–Kier alpha value is -2.36. The summed E-state index contributed by atoms with van der Waals surface area (Å²) in [6.45, 7) is 2.03. The average molecular weight is 407 g/mol. The van der Waals surface area contributed by atoms with Crippen LogP contribution in [0.15, 0.2) is 41.4 Å².